The molecule has 0 spiro atoms. The van der Waals surface area contributed by atoms with Gasteiger partial charge in [0.25, 0.3) is 5.91 Å². The van der Waals surface area contributed by atoms with E-state index in [0.29, 0.717) is 28.6 Å². The Kier molecular flexibility index (Phi) is 10.2. The number of anilines is 1. The minimum atomic E-state index is -0.265. The number of methoxy groups -OCH3 is 2. The SMILES string of the molecule is COc1cc(N)c(Cl)cc1C(=O)N[C@H]1CCN(CC[n+]2c(-c3ccccc3)cc(-c3ccccc3)cc2-c2ccccc2)C[C@H]1OC. The van der Waals surface area contributed by atoms with Gasteiger partial charge in [-0.25, -0.2) is 0 Å². The van der Waals surface area contributed by atoms with Gasteiger partial charge in [-0.15, -0.1) is 0 Å². The van der Waals surface area contributed by atoms with E-state index in [-0.39, 0.29) is 18.1 Å². The number of nitrogens with two attached hydrogens (primary N) is 1. The Morgan fingerprint density at radius 3 is 1.98 bits per heavy atom. The van der Waals surface area contributed by atoms with Gasteiger partial charge in [0.2, 0.25) is 11.4 Å². The summed E-state index contributed by atoms with van der Waals surface area (Å²) in [5.74, 6) is 0.118. The van der Waals surface area contributed by atoms with Crippen LogP contribution < -0.4 is 20.4 Å². The maximum atomic E-state index is 13.3. The first kappa shape index (κ1) is 32.3. The third-order valence-electron chi connectivity index (χ3n) is 8.88. The molecule has 240 valence electrons. The number of pyridine rings is 1. The highest BCUT2D eigenvalue weighted by molar-refractivity contribution is 6.33. The Bertz CT molecular complexity index is 1760. The molecule has 0 unspecified atom stereocenters. The molecular weight excluding hydrogens is 608 g/mol. The van der Waals surface area contributed by atoms with Gasteiger partial charge < -0.3 is 20.5 Å². The number of carbonyl (C=O) groups excluding carboxylic acids is 1. The summed E-state index contributed by atoms with van der Waals surface area (Å²) < 4.78 is 13.8. The Morgan fingerprint density at radius 2 is 1.43 bits per heavy atom. The van der Waals surface area contributed by atoms with E-state index in [1.807, 2.05) is 0 Å². The highest BCUT2D eigenvalue weighted by atomic mass is 35.5. The fraction of sp³-hybridized carbons (Fsp3) is 0.231. The second-order valence-electron chi connectivity index (χ2n) is 11.8. The smallest absolute Gasteiger partial charge is 0.255 e. The maximum Gasteiger partial charge on any atom is 0.255 e. The average Bonchev–Trinajstić information content (AvgIpc) is 3.12. The lowest BCUT2D eigenvalue weighted by atomic mass is 9.98. The minimum absolute atomic E-state index is 0.164. The number of amides is 1. The first-order chi connectivity index (χ1) is 22.9. The van der Waals surface area contributed by atoms with Gasteiger partial charge in [-0.2, -0.15) is 4.57 Å². The molecule has 3 N–H and O–H groups in total. The largest absolute Gasteiger partial charge is 0.496 e. The number of piperidine rings is 1. The van der Waals surface area contributed by atoms with Gasteiger partial charge >= 0.3 is 0 Å². The molecule has 6 rings (SSSR count). The molecule has 0 bridgehead atoms. The van der Waals surface area contributed by atoms with E-state index in [9.17, 15) is 4.79 Å². The molecule has 7 nitrogen and oxygen atoms in total. The first-order valence-electron chi connectivity index (χ1n) is 15.9. The number of nitrogens with zero attached hydrogens (tertiary/aromatic N) is 2. The van der Waals surface area contributed by atoms with Crippen LogP contribution in [0.2, 0.25) is 5.02 Å². The van der Waals surface area contributed by atoms with Crippen LogP contribution in [0.1, 0.15) is 16.8 Å². The van der Waals surface area contributed by atoms with Crippen LogP contribution in [0.25, 0.3) is 33.6 Å². The average molecular weight is 648 g/mol. The predicted molar refractivity (Wildman–Crippen MR) is 188 cm³/mol. The molecule has 1 aliphatic heterocycles. The van der Waals surface area contributed by atoms with Crippen LogP contribution in [0, 0.1) is 0 Å². The zero-order valence-corrected chi connectivity index (χ0v) is 27.5. The number of aromatic nitrogens is 1. The fourth-order valence-corrected chi connectivity index (χ4v) is 6.51. The Labute approximate surface area is 281 Å². The van der Waals surface area contributed by atoms with Crippen molar-refractivity contribution >= 4 is 23.2 Å². The highest BCUT2D eigenvalue weighted by Crippen LogP contribution is 2.31. The monoisotopic (exact) mass is 647 g/mol. The van der Waals surface area contributed by atoms with Crippen LogP contribution in [0.15, 0.2) is 115 Å². The zero-order chi connectivity index (χ0) is 32.8. The number of benzene rings is 4. The van der Waals surface area contributed by atoms with Crippen molar-refractivity contribution in [3.05, 3.63) is 126 Å². The van der Waals surface area contributed by atoms with Crippen LogP contribution in [-0.2, 0) is 11.3 Å². The van der Waals surface area contributed by atoms with E-state index in [4.69, 9.17) is 26.8 Å². The fourth-order valence-electron chi connectivity index (χ4n) is 6.35. The van der Waals surface area contributed by atoms with E-state index < -0.39 is 0 Å². The molecule has 4 aromatic carbocycles. The van der Waals surface area contributed by atoms with Crippen molar-refractivity contribution in [2.24, 2.45) is 0 Å². The number of hydrogen-bond acceptors (Lipinski definition) is 5. The lowest BCUT2D eigenvalue weighted by Gasteiger charge is -2.37. The van der Waals surface area contributed by atoms with Gasteiger partial charge in [0.1, 0.15) is 5.75 Å². The quantitative estimate of drug-likeness (QED) is 0.130. The van der Waals surface area contributed by atoms with Gasteiger partial charge in [0.05, 0.1) is 42.1 Å². The van der Waals surface area contributed by atoms with Crippen LogP contribution >= 0.6 is 11.6 Å². The summed E-state index contributed by atoms with van der Waals surface area (Å²) in [4.78, 5) is 15.7. The standard InChI is InChI=1S/C39H39ClN4O3/c1-46-37-25-33(41)32(40)24-31(37)39(45)42-34-18-19-43(26-38(34)47-2)20-21-44-35(28-14-8-4-9-15-28)22-30(27-12-6-3-7-13-27)23-36(44)29-16-10-5-11-17-29/h3-17,22-25,34,38H,18-21,26H2,1-2H3,(H2-,41,42,45)/p+1/t34-,38+/m0/s1. The van der Waals surface area contributed by atoms with Crippen molar-refractivity contribution in [2.75, 3.05) is 39.6 Å². The minimum Gasteiger partial charge on any atom is -0.496 e. The van der Waals surface area contributed by atoms with Crippen molar-refractivity contribution in [3.8, 4) is 39.4 Å². The van der Waals surface area contributed by atoms with E-state index in [1.54, 1.807) is 19.2 Å². The van der Waals surface area contributed by atoms with Crippen molar-refractivity contribution in [2.45, 2.75) is 25.1 Å². The summed E-state index contributed by atoms with van der Waals surface area (Å²) >= 11 is 6.24. The van der Waals surface area contributed by atoms with Crippen LogP contribution in [0.3, 0.4) is 0 Å². The Hall–Kier alpha value is -4.69. The van der Waals surface area contributed by atoms with Gasteiger partial charge in [-0.3, -0.25) is 9.69 Å². The third kappa shape index (κ3) is 7.33. The van der Waals surface area contributed by atoms with E-state index in [1.165, 1.54) is 18.2 Å². The number of rotatable bonds is 10. The van der Waals surface area contributed by atoms with Gasteiger partial charge in [0.15, 0.2) is 6.54 Å². The summed E-state index contributed by atoms with van der Waals surface area (Å²) in [7, 11) is 3.21. The molecule has 5 aromatic rings. The van der Waals surface area contributed by atoms with Crippen LogP contribution in [0.5, 0.6) is 5.75 Å². The molecule has 0 radical (unpaired) electrons. The van der Waals surface area contributed by atoms with Gasteiger partial charge in [-0.1, -0.05) is 78.3 Å². The van der Waals surface area contributed by atoms with Crippen molar-refractivity contribution < 1.29 is 18.8 Å². The molecular formula is C39H40ClN4O3+. The number of nitrogens with one attached hydrogen (secondary N) is 1. The third-order valence-corrected chi connectivity index (χ3v) is 9.21. The summed E-state index contributed by atoms with van der Waals surface area (Å²) in [5.41, 5.74) is 13.6. The number of likely N-dealkylation sites (tertiary alicyclic amines) is 1. The number of ether oxygens (including phenoxy) is 2. The van der Waals surface area contributed by atoms with Crippen LogP contribution in [0.4, 0.5) is 5.69 Å². The summed E-state index contributed by atoms with van der Waals surface area (Å²) in [6.07, 6.45) is 0.555. The Morgan fingerprint density at radius 1 is 0.851 bits per heavy atom. The first-order valence-corrected chi connectivity index (χ1v) is 16.3. The topological polar surface area (TPSA) is 80.7 Å². The molecule has 2 atom stereocenters. The summed E-state index contributed by atoms with van der Waals surface area (Å²) in [6.45, 7) is 3.09. The normalized spacial score (nSPS) is 16.5. The molecule has 1 saturated heterocycles. The number of carbonyl (C=O) groups is 1. The van der Waals surface area contributed by atoms with Crippen molar-refractivity contribution in [1.29, 1.82) is 0 Å². The Balaban J connectivity index is 1.26. The van der Waals surface area contributed by atoms with Gasteiger partial charge in [0, 0.05) is 49.5 Å². The molecule has 2 heterocycles. The second-order valence-corrected chi connectivity index (χ2v) is 12.2. The molecule has 47 heavy (non-hydrogen) atoms. The lowest BCUT2D eigenvalue weighted by molar-refractivity contribution is -0.675. The second kappa shape index (κ2) is 14.8. The molecule has 1 amide bonds. The van der Waals surface area contributed by atoms with Gasteiger partial charge in [-0.05, 0) is 47.9 Å². The molecule has 1 aliphatic rings. The van der Waals surface area contributed by atoms with E-state index in [0.717, 1.165) is 48.6 Å². The van der Waals surface area contributed by atoms with Crippen molar-refractivity contribution in [3.63, 3.8) is 0 Å². The summed E-state index contributed by atoms with van der Waals surface area (Å²) in [5, 5.41) is 3.47. The molecule has 0 saturated carbocycles. The van der Waals surface area contributed by atoms with E-state index >= 15 is 0 Å². The highest BCUT2D eigenvalue weighted by Gasteiger charge is 2.32. The number of hydrogen-bond donors (Lipinski definition) is 2. The van der Waals surface area contributed by atoms with E-state index in [2.05, 4.69) is 118 Å². The lowest BCUT2D eigenvalue weighted by Crippen LogP contribution is -2.56. The molecule has 1 fully saturated rings. The number of halogens is 1. The molecule has 8 heteroatoms. The van der Waals surface area contributed by atoms with Crippen molar-refractivity contribution in [1.82, 2.24) is 10.2 Å². The zero-order valence-electron chi connectivity index (χ0n) is 26.7. The molecule has 0 aliphatic carbocycles. The number of nitrogen functional groups attached to an aromatic ring is 1. The molecule has 1 aromatic heterocycles. The summed E-state index contributed by atoms with van der Waals surface area (Å²) in [6, 6.07) is 39.3. The predicted octanol–water partition coefficient (Wildman–Crippen LogP) is 6.74. The maximum absolute atomic E-state index is 13.3. The van der Waals surface area contributed by atoms with Crippen LogP contribution in [-0.4, -0.2) is 56.8 Å².